The summed E-state index contributed by atoms with van der Waals surface area (Å²) in [5, 5.41) is 0. The highest BCUT2D eigenvalue weighted by molar-refractivity contribution is 7.99. The lowest BCUT2D eigenvalue weighted by atomic mass is 9.95. The highest BCUT2D eigenvalue weighted by Gasteiger charge is 2.17. The first-order valence-corrected chi connectivity index (χ1v) is 7.74. The monoisotopic (exact) mass is 266 g/mol. The zero-order valence-corrected chi connectivity index (χ0v) is 13.4. The Morgan fingerprint density at radius 1 is 1.11 bits per heavy atom. The number of thioether (sulfide) groups is 1. The summed E-state index contributed by atoms with van der Waals surface area (Å²) in [4.78, 5) is 9.01. The second-order valence-corrected chi connectivity index (χ2v) is 8.09. The average molecular weight is 266 g/mol. The van der Waals surface area contributed by atoms with Crippen LogP contribution >= 0.6 is 11.8 Å². The van der Waals surface area contributed by atoms with E-state index in [9.17, 15) is 0 Å². The average Bonchev–Trinajstić information content (AvgIpc) is 2.22. The van der Waals surface area contributed by atoms with E-state index in [1.807, 2.05) is 24.0 Å². The molecule has 102 valence electrons. The molecule has 0 spiro atoms. The fourth-order valence-corrected chi connectivity index (χ4v) is 2.56. The highest BCUT2D eigenvalue weighted by atomic mass is 32.2. The van der Waals surface area contributed by atoms with E-state index in [1.165, 1.54) is 5.75 Å². The van der Waals surface area contributed by atoms with Gasteiger partial charge in [0.15, 0.2) is 0 Å². The van der Waals surface area contributed by atoms with E-state index in [0.29, 0.717) is 5.41 Å². The topological polar surface area (TPSA) is 25.8 Å². The van der Waals surface area contributed by atoms with E-state index in [1.54, 1.807) is 0 Å². The Morgan fingerprint density at radius 2 is 1.78 bits per heavy atom. The molecule has 0 fully saturated rings. The van der Waals surface area contributed by atoms with Crippen molar-refractivity contribution in [1.82, 2.24) is 9.97 Å². The van der Waals surface area contributed by atoms with Gasteiger partial charge in [-0.25, -0.2) is 9.97 Å². The van der Waals surface area contributed by atoms with Crippen molar-refractivity contribution < 1.29 is 0 Å². The maximum atomic E-state index is 4.65. The van der Waals surface area contributed by atoms with Crippen molar-refractivity contribution in [2.45, 2.75) is 53.4 Å². The number of hydrogen-bond donors (Lipinski definition) is 0. The van der Waals surface area contributed by atoms with Gasteiger partial charge in [0.05, 0.1) is 0 Å². The molecule has 0 aliphatic carbocycles. The Kier molecular flexibility index (Phi) is 5.20. The molecule has 1 rings (SSSR count). The molecule has 0 aromatic carbocycles. The normalized spacial score (nSPS) is 12.8. The fraction of sp³-hybridized carbons (Fsp3) is 0.733. The largest absolute Gasteiger partial charge is 0.241 e. The van der Waals surface area contributed by atoms with Crippen LogP contribution in [-0.2, 0) is 11.8 Å². The van der Waals surface area contributed by atoms with Gasteiger partial charge in [0.2, 0.25) is 0 Å². The molecular weight excluding hydrogens is 240 g/mol. The maximum Gasteiger partial charge on any atom is 0.133 e. The third-order valence-electron chi connectivity index (χ3n) is 2.42. The van der Waals surface area contributed by atoms with Crippen molar-refractivity contribution in [2.24, 2.45) is 5.41 Å². The summed E-state index contributed by atoms with van der Waals surface area (Å²) in [5.41, 5.74) is 1.61. The van der Waals surface area contributed by atoms with Crippen molar-refractivity contribution in [3.8, 4) is 0 Å². The molecule has 0 unspecified atom stereocenters. The smallest absolute Gasteiger partial charge is 0.133 e. The van der Waals surface area contributed by atoms with Crippen LogP contribution in [0.25, 0.3) is 0 Å². The third kappa shape index (κ3) is 5.85. The van der Waals surface area contributed by atoms with Crippen molar-refractivity contribution in [3.05, 3.63) is 23.8 Å². The minimum Gasteiger partial charge on any atom is -0.241 e. The van der Waals surface area contributed by atoms with E-state index in [-0.39, 0.29) is 5.41 Å². The first kappa shape index (κ1) is 15.5. The summed E-state index contributed by atoms with van der Waals surface area (Å²) in [7, 11) is 0. The van der Waals surface area contributed by atoms with Gasteiger partial charge in [-0.1, -0.05) is 41.5 Å². The third-order valence-corrected chi connectivity index (χ3v) is 3.98. The van der Waals surface area contributed by atoms with Gasteiger partial charge in [0.25, 0.3) is 0 Å². The number of nitrogens with zero attached hydrogens (tertiary/aromatic N) is 2. The van der Waals surface area contributed by atoms with Gasteiger partial charge in [0.1, 0.15) is 5.82 Å². The minimum absolute atomic E-state index is 0.0363. The molecule has 0 aliphatic rings. The van der Waals surface area contributed by atoms with E-state index in [0.717, 1.165) is 23.7 Å². The quantitative estimate of drug-likeness (QED) is 0.767. The maximum absolute atomic E-state index is 4.65. The number of rotatable bonds is 4. The molecule has 2 nitrogen and oxygen atoms in total. The molecule has 3 heteroatoms. The van der Waals surface area contributed by atoms with Crippen LogP contribution in [0.3, 0.4) is 0 Å². The SMILES string of the molecule is CC(C)(C)CSCCc1ccnc(C(C)(C)C)n1. The lowest BCUT2D eigenvalue weighted by Crippen LogP contribution is -2.17. The predicted molar refractivity (Wildman–Crippen MR) is 81.2 cm³/mol. The van der Waals surface area contributed by atoms with Crippen LogP contribution in [0.4, 0.5) is 0 Å². The molecule has 0 N–H and O–H groups in total. The van der Waals surface area contributed by atoms with Crippen molar-refractivity contribution in [1.29, 1.82) is 0 Å². The predicted octanol–water partition coefficient (Wildman–Crippen LogP) is 4.10. The Balaban J connectivity index is 2.49. The van der Waals surface area contributed by atoms with Gasteiger partial charge in [-0.2, -0.15) is 11.8 Å². The molecule has 0 radical (unpaired) electrons. The summed E-state index contributed by atoms with van der Waals surface area (Å²) < 4.78 is 0. The molecule has 1 aromatic heterocycles. The summed E-state index contributed by atoms with van der Waals surface area (Å²) in [6.45, 7) is 13.3. The fourth-order valence-electron chi connectivity index (χ4n) is 1.45. The van der Waals surface area contributed by atoms with Gasteiger partial charge in [-0.05, 0) is 29.4 Å². The van der Waals surface area contributed by atoms with Gasteiger partial charge in [-0.15, -0.1) is 0 Å². The minimum atomic E-state index is 0.0363. The zero-order chi connectivity index (χ0) is 13.8. The van der Waals surface area contributed by atoms with Crippen LogP contribution in [0, 0.1) is 5.41 Å². The number of hydrogen-bond acceptors (Lipinski definition) is 3. The van der Waals surface area contributed by atoms with Crippen LogP contribution in [-0.4, -0.2) is 21.5 Å². The molecule has 0 atom stereocenters. The van der Waals surface area contributed by atoms with Crippen LogP contribution in [0.1, 0.15) is 53.1 Å². The van der Waals surface area contributed by atoms with E-state index < -0.39 is 0 Å². The number of aromatic nitrogens is 2. The summed E-state index contributed by atoms with van der Waals surface area (Å²) in [6.07, 6.45) is 2.92. The van der Waals surface area contributed by atoms with Gasteiger partial charge in [-0.3, -0.25) is 0 Å². The summed E-state index contributed by atoms with van der Waals surface area (Å²) in [5.74, 6) is 3.28. The van der Waals surface area contributed by atoms with E-state index in [4.69, 9.17) is 0 Å². The Labute approximate surface area is 116 Å². The van der Waals surface area contributed by atoms with Gasteiger partial charge < -0.3 is 0 Å². The molecule has 1 aromatic rings. The van der Waals surface area contributed by atoms with Crippen LogP contribution in [0.2, 0.25) is 0 Å². The molecule has 1 heterocycles. The lowest BCUT2D eigenvalue weighted by molar-refractivity contribution is 0.480. The van der Waals surface area contributed by atoms with Gasteiger partial charge >= 0.3 is 0 Å². The standard InChI is InChI=1S/C15H26N2S/c1-14(2,3)11-18-10-8-12-7-9-16-13(17-12)15(4,5)6/h7,9H,8,10-11H2,1-6H3. The lowest BCUT2D eigenvalue weighted by Gasteiger charge is -2.18. The van der Waals surface area contributed by atoms with Crippen molar-refractivity contribution in [3.63, 3.8) is 0 Å². The van der Waals surface area contributed by atoms with Crippen molar-refractivity contribution in [2.75, 3.05) is 11.5 Å². The first-order valence-electron chi connectivity index (χ1n) is 6.59. The molecule has 0 amide bonds. The molecule has 0 bridgehead atoms. The van der Waals surface area contributed by atoms with Crippen LogP contribution in [0.5, 0.6) is 0 Å². The molecule has 18 heavy (non-hydrogen) atoms. The van der Waals surface area contributed by atoms with Gasteiger partial charge in [0, 0.05) is 17.3 Å². The Hall–Kier alpha value is -0.570. The second kappa shape index (κ2) is 6.05. The summed E-state index contributed by atoms with van der Waals surface area (Å²) >= 11 is 2.01. The zero-order valence-electron chi connectivity index (χ0n) is 12.6. The van der Waals surface area contributed by atoms with Crippen molar-refractivity contribution >= 4 is 11.8 Å². The number of aryl methyl sites for hydroxylation is 1. The summed E-state index contributed by atoms with van der Waals surface area (Å²) in [6, 6.07) is 2.03. The van der Waals surface area contributed by atoms with E-state index in [2.05, 4.69) is 51.5 Å². The Morgan fingerprint density at radius 3 is 2.33 bits per heavy atom. The molecule has 0 saturated heterocycles. The highest BCUT2D eigenvalue weighted by Crippen LogP contribution is 2.21. The molecular formula is C15H26N2S. The van der Waals surface area contributed by atoms with Crippen LogP contribution < -0.4 is 0 Å². The van der Waals surface area contributed by atoms with E-state index >= 15 is 0 Å². The second-order valence-electron chi connectivity index (χ2n) is 6.98. The molecule has 0 aliphatic heterocycles. The Bertz CT molecular complexity index is 375. The van der Waals surface area contributed by atoms with Crippen LogP contribution in [0.15, 0.2) is 12.3 Å². The molecule has 0 saturated carbocycles. The first-order chi connectivity index (χ1) is 8.18.